The monoisotopic (exact) mass is 319 g/mol. The Hall–Kier alpha value is -2.11. The highest BCUT2D eigenvalue weighted by Gasteiger charge is 2.03. The van der Waals surface area contributed by atoms with E-state index in [2.05, 4.69) is 10.6 Å². The maximum atomic E-state index is 11.0. The van der Waals surface area contributed by atoms with Crippen LogP contribution in [-0.4, -0.2) is 11.0 Å². The van der Waals surface area contributed by atoms with Crippen molar-refractivity contribution in [1.82, 2.24) is 0 Å². The topological polar surface area (TPSA) is 67.2 Å². The Labute approximate surface area is 133 Å². The molecule has 0 fully saturated rings. The maximum Gasteiger partial charge on any atom is 0.248 e. The second-order valence-corrected chi connectivity index (χ2v) is 5.30. The fourth-order valence-electron chi connectivity index (χ4n) is 1.68. The van der Waals surface area contributed by atoms with Crippen LogP contribution in [0.3, 0.4) is 0 Å². The van der Waals surface area contributed by atoms with E-state index in [4.69, 9.17) is 29.6 Å². The van der Waals surface area contributed by atoms with Crippen molar-refractivity contribution < 1.29 is 4.79 Å². The molecule has 6 heteroatoms. The molecular weight excluding hydrogens is 306 g/mol. The molecule has 0 spiro atoms. The van der Waals surface area contributed by atoms with Gasteiger partial charge in [-0.05, 0) is 61.1 Å². The van der Waals surface area contributed by atoms with E-state index in [1.54, 1.807) is 30.3 Å². The second-order valence-electron chi connectivity index (χ2n) is 4.48. The van der Waals surface area contributed by atoms with Gasteiger partial charge in [-0.2, -0.15) is 0 Å². The summed E-state index contributed by atoms with van der Waals surface area (Å²) >= 11 is 11.3. The van der Waals surface area contributed by atoms with Crippen LogP contribution in [0.4, 0.5) is 11.4 Å². The van der Waals surface area contributed by atoms with E-state index in [1.807, 2.05) is 19.1 Å². The van der Waals surface area contributed by atoms with Crippen molar-refractivity contribution in [1.29, 1.82) is 0 Å². The molecule has 0 unspecified atom stereocenters. The van der Waals surface area contributed by atoms with E-state index in [1.165, 1.54) is 0 Å². The predicted octanol–water partition coefficient (Wildman–Crippen LogP) is 3.56. The smallest absolute Gasteiger partial charge is 0.248 e. The summed E-state index contributed by atoms with van der Waals surface area (Å²) in [4.78, 5) is 11.0. The lowest BCUT2D eigenvalue weighted by molar-refractivity contribution is 0.100. The third-order valence-corrected chi connectivity index (χ3v) is 3.47. The Balaban J connectivity index is 2.01. The molecule has 0 aliphatic rings. The molecule has 0 aliphatic heterocycles. The normalized spacial score (nSPS) is 10.0. The van der Waals surface area contributed by atoms with E-state index in [0.29, 0.717) is 15.7 Å². The van der Waals surface area contributed by atoms with Gasteiger partial charge in [-0.1, -0.05) is 17.7 Å². The average Bonchev–Trinajstić information content (AvgIpc) is 2.43. The van der Waals surface area contributed by atoms with Gasteiger partial charge in [-0.3, -0.25) is 4.79 Å². The lowest BCUT2D eigenvalue weighted by Crippen LogP contribution is -2.19. The standard InChI is InChI=1S/C15H14ClN3OS/c1-9-2-5-12(8-13(9)16)19-15(21)18-11-6-3-10(4-7-11)14(17)20/h2-8H,1H3,(H2,17,20)(H2,18,19,21). The highest BCUT2D eigenvalue weighted by atomic mass is 35.5. The van der Waals surface area contributed by atoms with Gasteiger partial charge in [-0.25, -0.2) is 0 Å². The first kappa shape index (κ1) is 15.3. The van der Waals surface area contributed by atoms with Crippen LogP contribution in [0.2, 0.25) is 5.02 Å². The fourth-order valence-corrected chi connectivity index (χ4v) is 2.10. The first-order valence-electron chi connectivity index (χ1n) is 6.20. The van der Waals surface area contributed by atoms with Crippen LogP contribution in [0.25, 0.3) is 0 Å². The largest absolute Gasteiger partial charge is 0.366 e. The number of aryl methyl sites for hydroxylation is 1. The number of halogens is 1. The number of hydrogen-bond donors (Lipinski definition) is 3. The summed E-state index contributed by atoms with van der Waals surface area (Å²) in [6.45, 7) is 1.93. The fraction of sp³-hybridized carbons (Fsp3) is 0.0667. The Morgan fingerprint density at radius 2 is 1.67 bits per heavy atom. The number of hydrogen-bond acceptors (Lipinski definition) is 2. The van der Waals surface area contributed by atoms with Crippen molar-refractivity contribution >= 4 is 46.2 Å². The van der Waals surface area contributed by atoms with Crippen molar-refractivity contribution in [3.05, 3.63) is 58.6 Å². The molecule has 0 saturated heterocycles. The van der Waals surface area contributed by atoms with Gasteiger partial charge in [0.1, 0.15) is 0 Å². The third-order valence-electron chi connectivity index (χ3n) is 2.86. The molecule has 0 aromatic heterocycles. The number of nitrogens with one attached hydrogen (secondary N) is 2. The Bertz CT molecular complexity index is 686. The summed E-state index contributed by atoms with van der Waals surface area (Å²) in [6.07, 6.45) is 0. The summed E-state index contributed by atoms with van der Waals surface area (Å²) in [6, 6.07) is 12.3. The number of carbonyl (C=O) groups excluding carboxylic acids is 1. The van der Waals surface area contributed by atoms with Crippen LogP contribution in [0.1, 0.15) is 15.9 Å². The molecule has 108 valence electrons. The van der Waals surface area contributed by atoms with Gasteiger partial charge < -0.3 is 16.4 Å². The molecule has 0 saturated carbocycles. The zero-order valence-electron chi connectivity index (χ0n) is 11.3. The molecule has 0 bridgehead atoms. The molecule has 2 aromatic rings. The molecule has 21 heavy (non-hydrogen) atoms. The van der Waals surface area contributed by atoms with E-state index in [9.17, 15) is 4.79 Å². The number of benzene rings is 2. The lowest BCUT2D eigenvalue weighted by Gasteiger charge is -2.11. The number of amides is 1. The van der Waals surface area contributed by atoms with Crippen molar-refractivity contribution in [3.8, 4) is 0 Å². The lowest BCUT2D eigenvalue weighted by atomic mass is 10.2. The number of carbonyl (C=O) groups is 1. The highest BCUT2D eigenvalue weighted by molar-refractivity contribution is 7.80. The summed E-state index contributed by atoms with van der Waals surface area (Å²) in [5.74, 6) is -0.462. The Kier molecular flexibility index (Phi) is 4.77. The van der Waals surface area contributed by atoms with Gasteiger partial charge in [0.25, 0.3) is 0 Å². The summed E-state index contributed by atoms with van der Waals surface area (Å²) in [5.41, 5.74) is 8.20. The quantitative estimate of drug-likeness (QED) is 0.757. The minimum atomic E-state index is -0.462. The highest BCUT2D eigenvalue weighted by Crippen LogP contribution is 2.20. The minimum Gasteiger partial charge on any atom is -0.366 e. The van der Waals surface area contributed by atoms with Crippen molar-refractivity contribution in [2.24, 2.45) is 5.73 Å². The van der Waals surface area contributed by atoms with Gasteiger partial charge in [0.05, 0.1) is 0 Å². The predicted molar refractivity (Wildman–Crippen MR) is 91.0 cm³/mol. The summed E-state index contributed by atoms with van der Waals surface area (Å²) in [5, 5.41) is 7.16. The minimum absolute atomic E-state index is 0.432. The molecule has 2 rings (SSSR count). The van der Waals surface area contributed by atoms with Crippen LogP contribution in [0.5, 0.6) is 0 Å². The van der Waals surface area contributed by atoms with Crippen LogP contribution < -0.4 is 16.4 Å². The molecule has 1 amide bonds. The first-order valence-corrected chi connectivity index (χ1v) is 6.98. The van der Waals surface area contributed by atoms with Gasteiger partial charge in [0.2, 0.25) is 5.91 Å². The molecular formula is C15H14ClN3OS. The Morgan fingerprint density at radius 1 is 1.10 bits per heavy atom. The summed E-state index contributed by atoms with van der Waals surface area (Å²) < 4.78 is 0. The molecule has 0 heterocycles. The van der Waals surface area contributed by atoms with Crippen LogP contribution in [0, 0.1) is 6.92 Å². The molecule has 4 nitrogen and oxygen atoms in total. The van der Waals surface area contributed by atoms with Crippen LogP contribution >= 0.6 is 23.8 Å². The molecule has 2 aromatic carbocycles. The molecule has 0 atom stereocenters. The molecule has 4 N–H and O–H groups in total. The van der Waals surface area contributed by atoms with Crippen molar-refractivity contribution in [2.45, 2.75) is 6.92 Å². The summed E-state index contributed by atoms with van der Waals surface area (Å²) in [7, 11) is 0. The van der Waals surface area contributed by atoms with Crippen molar-refractivity contribution in [2.75, 3.05) is 10.6 Å². The van der Waals surface area contributed by atoms with Gasteiger partial charge in [0, 0.05) is 22.0 Å². The first-order chi connectivity index (χ1) is 9.95. The van der Waals surface area contributed by atoms with Crippen LogP contribution in [-0.2, 0) is 0 Å². The van der Waals surface area contributed by atoms with E-state index in [-0.39, 0.29) is 0 Å². The van der Waals surface area contributed by atoms with Crippen LogP contribution in [0.15, 0.2) is 42.5 Å². The number of anilines is 2. The van der Waals surface area contributed by atoms with Crippen molar-refractivity contribution in [3.63, 3.8) is 0 Å². The number of primary amides is 1. The third kappa shape index (κ3) is 4.18. The number of thiocarbonyl (C=S) groups is 1. The van der Waals surface area contributed by atoms with Gasteiger partial charge in [0.15, 0.2) is 5.11 Å². The maximum absolute atomic E-state index is 11.0. The number of nitrogens with two attached hydrogens (primary N) is 1. The molecule has 0 radical (unpaired) electrons. The number of rotatable bonds is 3. The Morgan fingerprint density at radius 3 is 2.24 bits per heavy atom. The second kappa shape index (κ2) is 6.56. The average molecular weight is 320 g/mol. The van der Waals surface area contributed by atoms with Gasteiger partial charge >= 0.3 is 0 Å². The zero-order chi connectivity index (χ0) is 15.4. The van der Waals surface area contributed by atoms with Gasteiger partial charge in [-0.15, -0.1) is 0 Å². The van der Waals surface area contributed by atoms with E-state index in [0.717, 1.165) is 16.9 Å². The van der Waals surface area contributed by atoms with E-state index < -0.39 is 5.91 Å². The van der Waals surface area contributed by atoms with E-state index >= 15 is 0 Å². The zero-order valence-corrected chi connectivity index (χ0v) is 12.9. The SMILES string of the molecule is Cc1ccc(NC(=S)Nc2ccc(C(N)=O)cc2)cc1Cl. The molecule has 0 aliphatic carbocycles.